The Hall–Kier alpha value is -2.21. The van der Waals surface area contributed by atoms with Crippen LogP contribution in [0.25, 0.3) is 0 Å². The highest BCUT2D eigenvalue weighted by Gasteiger charge is 2.09. The first-order valence-electron chi connectivity index (χ1n) is 6.19. The van der Waals surface area contributed by atoms with Gasteiger partial charge in [0, 0.05) is 6.26 Å². The zero-order valence-corrected chi connectivity index (χ0v) is 12.2. The second kappa shape index (κ2) is 6.05. The van der Waals surface area contributed by atoms with Gasteiger partial charge in [-0.05, 0) is 29.8 Å². The number of hydrogen-bond donors (Lipinski definition) is 1. The Balaban J connectivity index is 2.05. The fraction of sp³-hybridized carbons (Fsp3) is 0.133. The molecule has 2 aromatic carbocycles. The minimum atomic E-state index is -3.25. The summed E-state index contributed by atoms with van der Waals surface area (Å²) in [6, 6.07) is 11.9. The van der Waals surface area contributed by atoms with Crippen molar-refractivity contribution < 1.29 is 17.6 Å². The number of benzene rings is 2. The van der Waals surface area contributed by atoms with Gasteiger partial charge in [-0.25, -0.2) is 12.8 Å². The van der Waals surface area contributed by atoms with E-state index in [1.54, 1.807) is 18.2 Å². The van der Waals surface area contributed by atoms with Crippen molar-refractivity contribution in [1.82, 2.24) is 0 Å². The molecule has 0 saturated carbocycles. The second-order valence-electron chi connectivity index (χ2n) is 4.62. The number of carbonyl (C=O) groups excluding carboxylic acids is 1. The van der Waals surface area contributed by atoms with Crippen LogP contribution < -0.4 is 5.32 Å². The van der Waals surface area contributed by atoms with Gasteiger partial charge in [-0.15, -0.1) is 0 Å². The summed E-state index contributed by atoms with van der Waals surface area (Å²) < 4.78 is 36.0. The van der Waals surface area contributed by atoms with E-state index in [2.05, 4.69) is 5.32 Å². The highest BCUT2D eigenvalue weighted by Crippen LogP contribution is 2.14. The van der Waals surface area contributed by atoms with Crippen LogP contribution in [0, 0.1) is 5.82 Å². The van der Waals surface area contributed by atoms with E-state index >= 15 is 0 Å². The van der Waals surface area contributed by atoms with Crippen molar-refractivity contribution in [3.8, 4) is 0 Å². The van der Waals surface area contributed by atoms with Gasteiger partial charge in [0.05, 0.1) is 17.0 Å². The maximum absolute atomic E-state index is 13.4. The number of nitrogens with one attached hydrogen (secondary N) is 1. The minimum absolute atomic E-state index is 0.0401. The average Bonchev–Trinajstić information content (AvgIpc) is 2.41. The van der Waals surface area contributed by atoms with Gasteiger partial charge >= 0.3 is 0 Å². The van der Waals surface area contributed by atoms with Crippen molar-refractivity contribution in [2.75, 3.05) is 11.6 Å². The SMILES string of the molecule is CS(=O)(=O)c1ccc(CC(=O)Nc2ccccc2F)cc1. The second-order valence-corrected chi connectivity index (χ2v) is 6.64. The lowest BCUT2D eigenvalue weighted by Gasteiger charge is -2.06. The molecule has 0 spiro atoms. The molecular formula is C15H14FNO3S. The predicted molar refractivity (Wildman–Crippen MR) is 78.3 cm³/mol. The molecule has 0 radical (unpaired) electrons. The maximum Gasteiger partial charge on any atom is 0.228 e. The summed E-state index contributed by atoms with van der Waals surface area (Å²) in [6.07, 6.45) is 1.16. The summed E-state index contributed by atoms with van der Waals surface area (Å²) in [5.74, 6) is -0.870. The molecule has 0 aromatic heterocycles. The van der Waals surface area contributed by atoms with Crippen molar-refractivity contribution in [3.05, 3.63) is 59.9 Å². The molecule has 4 nitrogen and oxygen atoms in total. The van der Waals surface area contributed by atoms with Crippen molar-refractivity contribution in [1.29, 1.82) is 0 Å². The van der Waals surface area contributed by atoms with E-state index in [0.29, 0.717) is 5.56 Å². The Bertz CT molecular complexity index is 755. The van der Waals surface area contributed by atoms with Gasteiger partial charge in [-0.1, -0.05) is 24.3 Å². The number of para-hydroxylation sites is 1. The number of carbonyl (C=O) groups is 1. The summed E-state index contributed by atoms with van der Waals surface area (Å²) in [7, 11) is -3.25. The Morgan fingerprint density at radius 2 is 1.71 bits per heavy atom. The summed E-state index contributed by atoms with van der Waals surface area (Å²) in [4.78, 5) is 12.0. The topological polar surface area (TPSA) is 63.2 Å². The quantitative estimate of drug-likeness (QED) is 0.943. The van der Waals surface area contributed by atoms with E-state index in [1.165, 1.54) is 30.3 Å². The fourth-order valence-electron chi connectivity index (χ4n) is 1.80. The first kappa shape index (κ1) is 15.2. The van der Waals surface area contributed by atoms with Crippen LogP contribution in [-0.4, -0.2) is 20.6 Å². The monoisotopic (exact) mass is 307 g/mol. The highest BCUT2D eigenvalue weighted by molar-refractivity contribution is 7.90. The Morgan fingerprint density at radius 1 is 1.10 bits per heavy atom. The number of amides is 1. The molecule has 0 heterocycles. The van der Waals surface area contributed by atoms with Gasteiger partial charge in [0.1, 0.15) is 5.82 Å². The van der Waals surface area contributed by atoms with Crippen LogP contribution in [0.1, 0.15) is 5.56 Å². The van der Waals surface area contributed by atoms with Crippen LogP contribution in [0.15, 0.2) is 53.4 Å². The molecule has 2 aromatic rings. The van der Waals surface area contributed by atoms with E-state index in [-0.39, 0.29) is 22.9 Å². The molecule has 0 unspecified atom stereocenters. The van der Waals surface area contributed by atoms with Crippen molar-refractivity contribution in [2.45, 2.75) is 11.3 Å². The molecule has 1 N–H and O–H groups in total. The number of hydrogen-bond acceptors (Lipinski definition) is 3. The van der Waals surface area contributed by atoms with E-state index in [0.717, 1.165) is 6.26 Å². The van der Waals surface area contributed by atoms with Crippen molar-refractivity contribution in [2.24, 2.45) is 0 Å². The van der Waals surface area contributed by atoms with Gasteiger partial charge < -0.3 is 5.32 Å². The van der Waals surface area contributed by atoms with Gasteiger partial charge in [0.15, 0.2) is 9.84 Å². The Labute approximate surface area is 122 Å². The van der Waals surface area contributed by atoms with Crippen LogP contribution >= 0.6 is 0 Å². The molecule has 6 heteroatoms. The number of rotatable bonds is 4. The Morgan fingerprint density at radius 3 is 2.29 bits per heavy atom. The lowest BCUT2D eigenvalue weighted by atomic mass is 10.1. The van der Waals surface area contributed by atoms with Crippen LogP contribution in [0.2, 0.25) is 0 Å². The smallest absolute Gasteiger partial charge is 0.228 e. The van der Waals surface area contributed by atoms with Crippen molar-refractivity contribution in [3.63, 3.8) is 0 Å². The van der Waals surface area contributed by atoms with Gasteiger partial charge in [0.2, 0.25) is 5.91 Å². The summed E-state index contributed by atoms with van der Waals surface area (Å²) in [5.41, 5.74) is 0.770. The van der Waals surface area contributed by atoms with Crippen molar-refractivity contribution >= 4 is 21.4 Å². The molecule has 0 aliphatic rings. The predicted octanol–water partition coefficient (Wildman–Crippen LogP) is 2.41. The third kappa shape index (κ3) is 4.13. The normalized spacial score (nSPS) is 11.1. The molecule has 2 rings (SSSR count). The zero-order chi connectivity index (χ0) is 15.5. The van der Waals surface area contributed by atoms with Crippen LogP contribution in [-0.2, 0) is 21.1 Å². The lowest BCUT2D eigenvalue weighted by molar-refractivity contribution is -0.115. The minimum Gasteiger partial charge on any atom is -0.323 e. The highest BCUT2D eigenvalue weighted by atomic mass is 32.2. The molecule has 21 heavy (non-hydrogen) atoms. The van der Waals surface area contributed by atoms with E-state index in [4.69, 9.17) is 0 Å². The molecule has 0 bridgehead atoms. The third-order valence-electron chi connectivity index (χ3n) is 2.86. The molecule has 0 aliphatic carbocycles. The van der Waals surface area contributed by atoms with Crippen LogP contribution in [0.4, 0.5) is 10.1 Å². The molecule has 0 saturated heterocycles. The summed E-state index contributed by atoms with van der Waals surface area (Å²) in [5, 5.41) is 2.47. The summed E-state index contributed by atoms with van der Waals surface area (Å²) in [6.45, 7) is 0. The van der Waals surface area contributed by atoms with Gasteiger partial charge in [-0.3, -0.25) is 4.79 Å². The lowest BCUT2D eigenvalue weighted by Crippen LogP contribution is -2.15. The van der Waals surface area contributed by atoms with Crippen LogP contribution in [0.3, 0.4) is 0 Å². The number of anilines is 1. The van der Waals surface area contributed by atoms with Crippen LogP contribution in [0.5, 0.6) is 0 Å². The molecule has 0 fully saturated rings. The first-order chi connectivity index (χ1) is 9.86. The first-order valence-corrected chi connectivity index (χ1v) is 8.09. The van der Waals surface area contributed by atoms with E-state index in [1.807, 2.05) is 0 Å². The molecule has 0 aliphatic heterocycles. The largest absolute Gasteiger partial charge is 0.323 e. The van der Waals surface area contributed by atoms with Gasteiger partial charge in [0.25, 0.3) is 0 Å². The third-order valence-corrected chi connectivity index (χ3v) is 3.99. The maximum atomic E-state index is 13.4. The number of sulfone groups is 1. The standard InChI is InChI=1S/C15H14FNO3S/c1-21(19,20)12-8-6-11(7-9-12)10-15(18)17-14-5-3-2-4-13(14)16/h2-9H,10H2,1H3,(H,17,18). The van der Waals surface area contributed by atoms with E-state index < -0.39 is 15.7 Å². The molecule has 110 valence electrons. The van der Waals surface area contributed by atoms with E-state index in [9.17, 15) is 17.6 Å². The zero-order valence-electron chi connectivity index (χ0n) is 11.3. The van der Waals surface area contributed by atoms with Gasteiger partial charge in [-0.2, -0.15) is 0 Å². The number of halogens is 1. The molecular weight excluding hydrogens is 293 g/mol. The molecule has 1 amide bonds. The molecule has 0 atom stereocenters. The Kier molecular flexibility index (Phi) is 4.37. The average molecular weight is 307 g/mol. The summed E-state index contributed by atoms with van der Waals surface area (Å²) >= 11 is 0. The fourth-order valence-corrected chi connectivity index (χ4v) is 2.43.